The lowest BCUT2D eigenvalue weighted by molar-refractivity contribution is -0.119. The first-order valence-electron chi connectivity index (χ1n) is 7.26. The lowest BCUT2D eigenvalue weighted by Crippen LogP contribution is -2.36. The molecule has 0 unspecified atom stereocenters. The molecule has 0 aliphatic heterocycles. The van der Waals surface area contributed by atoms with Crippen molar-refractivity contribution in [2.75, 3.05) is 0 Å². The fourth-order valence-electron chi connectivity index (χ4n) is 2.50. The monoisotopic (exact) mass is 322 g/mol. The number of halogens is 1. The van der Waals surface area contributed by atoms with Crippen LogP contribution in [0.1, 0.15) is 11.1 Å². The smallest absolute Gasteiger partial charge is 0.214 e. The molecule has 0 aliphatic rings. The summed E-state index contributed by atoms with van der Waals surface area (Å²) in [7, 11) is 0. The minimum Gasteiger partial charge on any atom is -0.470 e. The first-order valence-corrected chi connectivity index (χ1v) is 7.64. The predicted octanol–water partition coefficient (Wildman–Crippen LogP) is 4.86. The summed E-state index contributed by atoms with van der Waals surface area (Å²) in [5.74, 6) is 0.578. The molecule has 0 bridgehead atoms. The van der Waals surface area contributed by atoms with E-state index in [0.29, 0.717) is 10.8 Å². The highest BCUT2D eigenvalue weighted by Crippen LogP contribution is 2.33. The fraction of sp³-hybridized carbons (Fsp3) is 0.0500. The highest BCUT2D eigenvalue weighted by molar-refractivity contribution is 6.30. The Morgan fingerprint density at radius 3 is 1.65 bits per heavy atom. The van der Waals surface area contributed by atoms with Crippen LogP contribution in [0.15, 0.2) is 84.9 Å². The van der Waals surface area contributed by atoms with Crippen LogP contribution >= 0.6 is 11.6 Å². The Morgan fingerprint density at radius 2 is 1.22 bits per heavy atom. The Morgan fingerprint density at radius 1 is 0.739 bits per heavy atom. The number of carbonyl (C=O) groups excluding carboxylic acids is 1. The van der Waals surface area contributed by atoms with Gasteiger partial charge in [-0.15, -0.1) is 0 Å². The normalized spacial score (nSPS) is 11.0. The van der Waals surface area contributed by atoms with Crippen LogP contribution in [0.3, 0.4) is 0 Å². The summed E-state index contributed by atoms with van der Waals surface area (Å²) in [5, 5.41) is 0.619. The molecule has 0 saturated heterocycles. The Balaban J connectivity index is 2.13. The summed E-state index contributed by atoms with van der Waals surface area (Å²) in [6, 6.07) is 25.9. The highest BCUT2D eigenvalue weighted by atomic mass is 35.5. The van der Waals surface area contributed by atoms with Crippen LogP contribution in [0.5, 0.6) is 5.75 Å². The summed E-state index contributed by atoms with van der Waals surface area (Å²) in [5.41, 5.74) is 0.350. The van der Waals surface area contributed by atoms with Gasteiger partial charge in [-0.1, -0.05) is 72.3 Å². The summed E-state index contributed by atoms with van der Waals surface area (Å²) in [6.07, 6.45) is 0.840. The van der Waals surface area contributed by atoms with Gasteiger partial charge in [-0.3, -0.25) is 4.79 Å². The van der Waals surface area contributed by atoms with Crippen molar-refractivity contribution >= 4 is 17.9 Å². The average molecular weight is 323 g/mol. The lowest BCUT2D eigenvalue weighted by Gasteiger charge is -2.30. The van der Waals surface area contributed by atoms with E-state index in [9.17, 15) is 4.79 Å². The van der Waals surface area contributed by atoms with E-state index in [1.807, 2.05) is 60.7 Å². The number of hydrogen-bond acceptors (Lipinski definition) is 2. The second kappa shape index (κ2) is 6.67. The number of carbonyl (C=O) groups is 1. The molecule has 0 radical (unpaired) electrons. The van der Waals surface area contributed by atoms with E-state index in [-0.39, 0.29) is 0 Å². The molecule has 3 rings (SSSR count). The van der Waals surface area contributed by atoms with Crippen LogP contribution in [0.2, 0.25) is 5.02 Å². The van der Waals surface area contributed by atoms with E-state index in [2.05, 4.69) is 0 Å². The number of ether oxygens (including phenoxy) is 1. The van der Waals surface area contributed by atoms with E-state index in [4.69, 9.17) is 16.3 Å². The summed E-state index contributed by atoms with van der Waals surface area (Å²) in [6.45, 7) is 0. The molecule has 0 fully saturated rings. The number of benzene rings is 3. The third-order valence-electron chi connectivity index (χ3n) is 3.66. The lowest BCUT2D eigenvalue weighted by atomic mass is 9.87. The molecule has 0 atom stereocenters. The minimum atomic E-state index is -1.20. The number of aldehydes is 1. The Bertz CT molecular complexity index is 728. The molecule has 2 nitrogen and oxygen atoms in total. The van der Waals surface area contributed by atoms with Gasteiger partial charge in [0.05, 0.1) is 0 Å². The SMILES string of the molecule is O=CC(Oc1ccc(Cl)cc1)(c1ccccc1)c1ccccc1. The largest absolute Gasteiger partial charge is 0.470 e. The van der Waals surface area contributed by atoms with Gasteiger partial charge in [0.2, 0.25) is 5.60 Å². The molecule has 0 spiro atoms. The molecular formula is C20H15ClO2. The molecule has 0 saturated carbocycles. The molecule has 0 aromatic heterocycles. The van der Waals surface area contributed by atoms with Crippen LogP contribution < -0.4 is 4.74 Å². The quantitative estimate of drug-likeness (QED) is 0.627. The Labute approximate surface area is 140 Å². The van der Waals surface area contributed by atoms with Gasteiger partial charge in [-0.2, -0.15) is 0 Å². The highest BCUT2D eigenvalue weighted by Gasteiger charge is 2.36. The molecule has 0 heterocycles. The molecule has 0 amide bonds. The van der Waals surface area contributed by atoms with Crippen molar-refractivity contribution in [3.63, 3.8) is 0 Å². The summed E-state index contributed by atoms with van der Waals surface area (Å²) < 4.78 is 6.15. The number of rotatable bonds is 5. The number of hydrogen-bond donors (Lipinski definition) is 0. The van der Waals surface area contributed by atoms with Crippen molar-refractivity contribution in [2.45, 2.75) is 5.60 Å². The predicted molar refractivity (Wildman–Crippen MR) is 91.8 cm³/mol. The van der Waals surface area contributed by atoms with Crippen molar-refractivity contribution < 1.29 is 9.53 Å². The van der Waals surface area contributed by atoms with Crippen molar-refractivity contribution in [2.24, 2.45) is 0 Å². The average Bonchev–Trinajstić information content (AvgIpc) is 2.63. The fourth-order valence-corrected chi connectivity index (χ4v) is 2.63. The molecule has 0 aliphatic carbocycles. The van der Waals surface area contributed by atoms with Gasteiger partial charge in [0.25, 0.3) is 0 Å². The van der Waals surface area contributed by atoms with E-state index in [0.717, 1.165) is 17.4 Å². The standard InChI is InChI=1S/C20H15ClO2/c21-18-11-13-19(14-12-18)23-20(15-22,16-7-3-1-4-8-16)17-9-5-2-6-10-17/h1-15H. The van der Waals surface area contributed by atoms with Gasteiger partial charge < -0.3 is 4.74 Å². The van der Waals surface area contributed by atoms with Gasteiger partial charge in [-0.05, 0) is 24.3 Å². The second-order valence-electron chi connectivity index (χ2n) is 5.14. The Kier molecular flexibility index (Phi) is 4.45. The molecule has 3 heteroatoms. The van der Waals surface area contributed by atoms with Crippen molar-refractivity contribution in [3.8, 4) is 5.75 Å². The van der Waals surface area contributed by atoms with Crippen LogP contribution in [0.25, 0.3) is 0 Å². The maximum atomic E-state index is 12.1. The van der Waals surface area contributed by atoms with Gasteiger partial charge in [0, 0.05) is 16.1 Å². The minimum absolute atomic E-state index is 0.578. The molecule has 114 valence electrons. The Hall–Kier alpha value is -2.58. The first-order chi connectivity index (χ1) is 11.2. The molecule has 0 N–H and O–H groups in total. The zero-order chi connectivity index (χ0) is 16.1. The third-order valence-corrected chi connectivity index (χ3v) is 3.92. The van der Waals surface area contributed by atoms with E-state index in [1.54, 1.807) is 24.3 Å². The van der Waals surface area contributed by atoms with E-state index < -0.39 is 5.60 Å². The zero-order valence-corrected chi connectivity index (χ0v) is 13.1. The summed E-state index contributed by atoms with van der Waals surface area (Å²) >= 11 is 5.93. The van der Waals surface area contributed by atoms with Crippen molar-refractivity contribution in [1.82, 2.24) is 0 Å². The van der Waals surface area contributed by atoms with Crippen molar-refractivity contribution in [3.05, 3.63) is 101 Å². The zero-order valence-electron chi connectivity index (χ0n) is 12.4. The molecule has 3 aromatic carbocycles. The van der Waals surface area contributed by atoms with Gasteiger partial charge in [-0.25, -0.2) is 0 Å². The van der Waals surface area contributed by atoms with E-state index >= 15 is 0 Å². The van der Waals surface area contributed by atoms with Crippen LogP contribution in [-0.4, -0.2) is 6.29 Å². The van der Waals surface area contributed by atoms with E-state index in [1.165, 1.54) is 0 Å². The van der Waals surface area contributed by atoms with Gasteiger partial charge in [0.15, 0.2) is 6.29 Å². The first kappa shape index (κ1) is 15.3. The third kappa shape index (κ3) is 3.13. The maximum Gasteiger partial charge on any atom is 0.214 e. The topological polar surface area (TPSA) is 26.3 Å². The summed E-state index contributed by atoms with van der Waals surface area (Å²) in [4.78, 5) is 12.1. The molecule has 23 heavy (non-hydrogen) atoms. The van der Waals surface area contributed by atoms with Gasteiger partial charge >= 0.3 is 0 Å². The maximum absolute atomic E-state index is 12.1. The van der Waals surface area contributed by atoms with Crippen LogP contribution in [-0.2, 0) is 10.4 Å². The van der Waals surface area contributed by atoms with Crippen molar-refractivity contribution in [1.29, 1.82) is 0 Å². The van der Waals surface area contributed by atoms with Gasteiger partial charge in [0.1, 0.15) is 5.75 Å². The molecular weight excluding hydrogens is 308 g/mol. The molecule has 3 aromatic rings. The second-order valence-corrected chi connectivity index (χ2v) is 5.58. The van der Waals surface area contributed by atoms with Crippen LogP contribution in [0, 0.1) is 0 Å². The van der Waals surface area contributed by atoms with Crippen LogP contribution in [0.4, 0.5) is 0 Å².